The summed E-state index contributed by atoms with van der Waals surface area (Å²) in [7, 11) is -2.13. The Hall–Kier alpha value is -1.21. The van der Waals surface area contributed by atoms with Crippen molar-refractivity contribution in [1.82, 2.24) is 10.2 Å². The van der Waals surface area contributed by atoms with Crippen LogP contribution in [0.25, 0.3) is 0 Å². The van der Waals surface area contributed by atoms with Crippen LogP contribution in [-0.2, 0) is 16.3 Å². The molecule has 0 aromatic carbocycles. The summed E-state index contributed by atoms with van der Waals surface area (Å²) in [6.45, 7) is 4.68. The number of hydrogen-bond donors (Lipinski definition) is 1. The van der Waals surface area contributed by atoms with E-state index in [9.17, 15) is 8.42 Å². The normalized spacial score (nSPS) is 12.5. The van der Waals surface area contributed by atoms with Gasteiger partial charge in [-0.3, -0.25) is 0 Å². The molecule has 1 heterocycles. The van der Waals surface area contributed by atoms with E-state index in [1.54, 1.807) is 20.8 Å². The van der Waals surface area contributed by atoms with Crippen LogP contribution in [0.4, 0.5) is 0 Å². The minimum Gasteiger partial charge on any atom is -0.480 e. The van der Waals surface area contributed by atoms with Crippen molar-refractivity contribution in [2.45, 2.75) is 37.0 Å². The zero-order valence-electron chi connectivity index (χ0n) is 11.0. The first-order valence-corrected chi connectivity index (χ1v) is 6.98. The van der Waals surface area contributed by atoms with Gasteiger partial charge in [-0.15, -0.1) is 10.2 Å². The Bertz CT molecular complexity index is 520. The molecule has 0 radical (unpaired) electrons. The fourth-order valence-corrected chi connectivity index (χ4v) is 2.39. The summed E-state index contributed by atoms with van der Waals surface area (Å²) in [6.07, 6.45) is 0.269. The number of rotatable bonds is 4. The van der Waals surface area contributed by atoms with E-state index >= 15 is 0 Å². The zero-order valence-corrected chi connectivity index (χ0v) is 11.8. The number of aromatic nitrogens is 2. The maximum Gasteiger partial charge on any atom is 0.236 e. The third-order valence-electron chi connectivity index (χ3n) is 2.47. The van der Waals surface area contributed by atoms with Crippen molar-refractivity contribution < 1.29 is 18.3 Å². The van der Waals surface area contributed by atoms with Crippen LogP contribution < -0.4 is 4.74 Å². The predicted octanol–water partition coefficient (Wildman–Crippen LogP) is 0.592. The number of aliphatic hydroxyl groups excluding tert-OH is 1. The second-order valence-electron chi connectivity index (χ2n) is 4.81. The number of nitrogens with zero attached hydrogens (tertiary/aromatic N) is 2. The molecular weight excluding hydrogens is 256 g/mol. The average molecular weight is 274 g/mol. The minimum absolute atomic E-state index is 0.0979. The molecule has 1 N–H and O–H groups in total. The van der Waals surface area contributed by atoms with Crippen LogP contribution in [0, 0.1) is 0 Å². The Labute approximate surface area is 107 Å². The number of ether oxygens (including phenoxy) is 1. The standard InChI is InChI=1S/C11H18N2O4S/c1-11(2,3)18(15,16)9-7-8(5-6-14)10(17-4)13-12-9/h7,14H,5-6H2,1-4H3. The molecule has 0 saturated carbocycles. The molecule has 0 aliphatic carbocycles. The van der Waals surface area contributed by atoms with Gasteiger partial charge in [0.25, 0.3) is 0 Å². The van der Waals surface area contributed by atoms with Crippen molar-refractivity contribution in [1.29, 1.82) is 0 Å². The van der Waals surface area contributed by atoms with Crippen LogP contribution in [-0.4, -0.2) is 42.2 Å². The lowest BCUT2D eigenvalue weighted by molar-refractivity contribution is 0.295. The highest BCUT2D eigenvalue weighted by molar-refractivity contribution is 7.92. The first-order valence-electron chi connectivity index (χ1n) is 5.50. The highest BCUT2D eigenvalue weighted by atomic mass is 32.2. The van der Waals surface area contributed by atoms with Crippen molar-refractivity contribution in [2.75, 3.05) is 13.7 Å². The molecule has 1 rings (SSSR count). The summed E-state index contributed by atoms with van der Waals surface area (Å²) in [5.74, 6) is 0.233. The van der Waals surface area contributed by atoms with Gasteiger partial charge in [-0.2, -0.15) is 0 Å². The van der Waals surface area contributed by atoms with Gasteiger partial charge in [0, 0.05) is 18.6 Å². The molecule has 0 unspecified atom stereocenters. The summed E-state index contributed by atoms with van der Waals surface area (Å²) in [5, 5.41) is 16.3. The van der Waals surface area contributed by atoms with E-state index in [1.165, 1.54) is 13.2 Å². The largest absolute Gasteiger partial charge is 0.480 e. The number of hydrogen-bond acceptors (Lipinski definition) is 6. The number of methoxy groups -OCH3 is 1. The fourth-order valence-electron chi connectivity index (χ4n) is 1.32. The van der Waals surface area contributed by atoms with E-state index in [0.29, 0.717) is 5.56 Å². The van der Waals surface area contributed by atoms with Crippen LogP contribution in [0.1, 0.15) is 26.3 Å². The molecule has 0 amide bonds. The molecule has 0 atom stereocenters. The van der Waals surface area contributed by atoms with Crippen LogP contribution in [0.5, 0.6) is 5.88 Å². The molecular formula is C11H18N2O4S. The Morgan fingerprint density at radius 2 is 1.94 bits per heavy atom. The van der Waals surface area contributed by atoms with Gasteiger partial charge in [-0.25, -0.2) is 8.42 Å². The SMILES string of the molecule is COc1nnc(S(=O)(=O)C(C)(C)C)cc1CCO. The van der Waals surface area contributed by atoms with E-state index in [2.05, 4.69) is 10.2 Å². The maximum absolute atomic E-state index is 12.2. The lowest BCUT2D eigenvalue weighted by atomic mass is 10.2. The quantitative estimate of drug-likeness (QED) is 0.864. The molecule has 0 fully saturated rings. The molecule has 0 aliphatic rings. The second-order valence-corrected chi connectivity index (χ2v) is 7.46. The van der Waals surface area contributed by atoms with Crippen molar-refractivity contribution in [3.63, 3.8) is 0 Å². The summed E-state index contributed by atoms with van der Waals surface area (Å²) in [5.41, 5.74) is 0.526. The van der Waals surface area contributed by atoms with Crippen molar-refractivity contribution in [2.24, 2.45) is 0 Å². The van der Waals surface area contributed by atoms with Crippen LogP contribution in [0.2, 0.25) is 0 Å². The van der Waals surface area contributed by atoms with Gasteiger partial charge in [0.05, 0.1) is 11.9 Å². The Morgan fingerprint density at radius 3 is 2.39 bits per heavy atom. The van der Waals surface area contributed by atoms with Crippen LogP contribution >= 0.6 is 0 Å². The maximum atomic E-state index is 12.2. The third-order valence-corrected chi connectivity index (χ3v) is 4.83. The monoisotopic (exact) mass is 274 g/mol. The number of sulfone groups is 1. The molecule has 1 aromatic rings. The molecule has 0 spiro atoms. The summed E-state index contributed by atoms with van der Waals surface area (Å²) >= 11 is 0. The smallest absolute Gasteiger partial charge is 0.236 e. The first kappa shape index (κ1) is 14.8. The highest BCUT2D eigenvalue weighted by Crippen LogP contribution is 2.25. The van der Waals surface area contributed by atoms with Crippen molar-refractivity contribution >= 4 is 9.84 Å². The van der Waals surface area contributed by atoms with Gasteiger partial charge >= 0.3 is 0 Å². The Kier molecular flexibility index (Phi) is 4.28. The summed E-state index contributed by atoms with van der Waals surface area (Å²) < 4.78 is 28.4. The van der Waals surface area contributed by atoms with Gasteiger partial charge in [-0.1, -0.05) is 0 Å². The summed E-state index contributed by atoms with van der Waals surface area (Å²) in [6, 6.07) is 1.41. The Balaban J connectivity index is 3.33. The lowest BCUT2D eigenvalue weighted by Crippen LogP contribution is -2.29. The lowest BCUT2D eigenvalue weighted by Gasteiger charge is -2.18. The van der Waals surface area contributed by atoms with E-state index in [-0.39, 0.29) is 23.9 Å². The predicted molar refractivity (Wildman–Crippen MR) is 66.3 cm³/mol. The third kappa shape index (κ3) is 2.78. The van der Waals surface area contributed by atoms with E-state index in [1.807, 2.05) is 0 Å². The molecule has 0 saturated heterocycles. The van der Waals surface area contributed by atoms with Crippen molar-refractivity contribution in [3.05, 3.63) is 11.6 Å². The van der Waals surface area contributed by atoms with E-state index < -0.39 is 14.6 Å². The van der Waals surface area contributed by atoms with Gasteiger partial charge < -0.3 is 9.84 Å². The highest BCUT2D eigenvalue weighted by Gasteiger charge is 2.33. The van der Waals surface area contributed by atoms with Crippen LogP contribution in [0.15, 0.2) is 11.1 Å². The molecule has 0 aliphatic heterocycles. The second kappa shape index (κ2) is 5.19. The Morgan fingerprint density at radius 1 is 1.33 bits per heavy atom. The average Bonchev–Trinajstić information content (AvgIpc) is 2.28. The number of aliphatic hydroxyl groups is 1. The van der Waals surface area contributed by atoms with Crippen molar-refractivity contribution in [3.8, 4) is 5.88 Å². The molecule has 0 bridgehead atoms. The molecule has 6 nitrogen and oxygen atoms in total. The van der Waals surface area contributed by atoms with Crippen LogP contribution in [0.3, 0.4) is 0 Å². The fraction of sp³-hybridized carbons (Fsp3) is 0.636. The first-order chi connectivity index (χ1) is 8.24. The summed E-state index contributed by atoms with van der Waals surface area (Å²) in [4.78, 5) is 0. The van der Waals surface area contributed by atoms with Gasteiger partial charge in [0.2, 0.25) is 15.7 Å². The van der Waals surface area contributed by atoms with Gasteiger partial charge in [0.15, 0.2) is 5.03 Å². The molecule has 7 heteroatoms. The molecule has 1 aromatic heterocycles. The molecule has 102 valence electrons. The zero-order chi connectivity index (χ0) is 14.0. The van der Waals surface area contributed by atoms with E-state index in [0.717, 1.165) is 0 Å². The van der Waals surface area contributed by atoms with E-state index in [4.69, 9.17) is 9.84 Å². The minimum atomic E-state index is -3.55. The topological polar surface area (TPSA) is 89.4 Å². The van der Waals surface area contributed by atoms with Gasteiger partial charge in [-0.05, 0) is 26.8 Å². The van der Waals surface area contributed by atoms with Gasteiger partial charge in [0.1, 0.15) is 0 Å². The molecule has 18 heavy (non-hydrogen) atoms.